The largest absolute Gasteiger partial charge is 0.323 e. The van der Waals surface area contributed by atoms with Gasteiger partial charge >= 0.3 is 0 Å². The van der Waals surface area contributed by atoms with Crippen LogP contribution < -0.4 is 5.32 Å². The van der Waals surface area contributed by atoms with E-state index in [4.69, 9.17) is 0 Å². The smallest absolute Gasteiger partial charge is 0.234 e. The highest BCUT2D eigenvalue weighted by atomic mass is 32.2. The minimum Gasteiger partial charge on any atom is -0.323 e. The number of tetrazole rings is 1. The molecular formula is C17H21N7OS. The van der Waals surface area contributed by atoms with E-state index < -0.39 is 0 Å². The standard InChI is InChI=1S/C17H21N7OS/c1-13(2)24-16(20-21-22-24)11-26-12-17(25)19-15-8-18-23(10-15)9-14-6-4-3-5-7-14/h3-8,10,13H,9,11-12H2,1-2H3,(H,19,25). The van der Waals surface area contributed by atoms with Crippen molar-refractivity contribution < 1.29 is 4.79 Å². The molecule has 0 bridgehead atoms. The predicted octanol–water partition coefficient (Wildman–Crippen LogP) is 2.37. The minimum absolute atomic E-state index is 0.0715. The van der Waals surface area contributed by atoms with Crippen LogP contribution in [0.1, 0.15) is 31.3 Å². The number of amides is 1. The SMILES string of the molecule is CC(C)n1nnnc1CSCC(=O)Nc1cnn(Cc2ccccc2)c1. The van der Waals surface area contributed by atoms with Gasteiger partial charge in [0.2, 0.25) is 5.91 Å². The lowest BCUT2D eigenvalue weighted by molar-refractivity contribution is -0.113. The average Bonchev–Trinajstić information content (AvgIpc) is 3.25. The number of hydrogen-bond donors (Lipinski definition) is 1. The van der Waals surface area contributed by atoms with E-state index in [0.717, 1.165) is 11.4 Å². The van der Waals surface area contributed by atoms with Crippen molar-refractivity contribution in [2.24, 2.45) is 0 Å². The Kier molecular flexibility index (Phi) is 6.00. The lowest BCUT2D eigenvalue weighted by atomic mass is 10.2. The van der Waals surface area contributed by atoms with Gasteiger partial charge in [-0.1, -0.05) is 30.3 Å². The van der Waals surface area contributed by atoms with Crippen LogP contribution in [-0.4, -0.2) is 41.6 Å². The molecule has 1 N–H and O–H groups in total. The molecule has 0 spiro atoms. The van der Waals surface area contributed by atoms with Crippen molar-refractivity contribution in [3.63, 3.8) is 0 Å². The maximum atomic E-state index is 12.1. The maximum absolute atomic E-state index is 12.1. The molecule has 0 radical (unpaired) electrons. The summed E-state index contributed by atoms with van der Waals surface area (Å²) in [6, 6.07) is 10.3. The highest BCUT2D eigenvalue weighted by Crippen LogP contribution is 2.14. The summed E-state index contributed by atoms with van der Waals surface area (Å²) in [6.07, 6.45) is 3.49. The molecule has 0 fully saturated rings. The molecular weight excluding hydrogens is 350 g/mol. The Morgan fingerprint density at radius 2 is 2.08 bits per heavy atom. The number of rotatable bonds is 8. The van der Waals surface area contributed by atoms with Gasteiger partial charge in [-0.05, 0) is 29.8 Å². The summed E-state index contributed by atoms with van der Waals surface area (Å²) in [5, 5.41) is 18.8. The molecule has 26 heavy (non-hydrogen) atoms. The average molecular weight is 371 g/mol. The Morgan fingerprint density at radius 3 is 2.85 bits per heavy atom. The quantitative estimate of drug-likeness (QED) is 0.654. The van der Waals surface area contributed by atoms with Crippen molar-refractivity contribution in [3.05, 3.63) is 54.1 Å². The van der Waals surface area contributed by atoms with Crippen LogP contribution in [0.25, 0.3) is 0 Å². The molecule has 0 saturated heterocycles. The summed E-state index contributed by atoms with van der Waals surface area (Å²) < 4.78 is 3.56. The first-order chi connectivity index (χ1) is 12.6. The summed E-state index contributed by atoms with van der Waals surface area (Å²) >= 11 is 1.48. The van der Waals surface area contributed by atoms with Crippen LogP contribution in [0.15, 0.2) is 42.7 Å². The number of benzene rings is 1. The number of carbonyl (C=O) groups is 1. The van der Waals surface area contributed by atoms with Gasteiger partial charge in [0.1, 0.15) is 0 Å². The monoisotopic (exact) mass is 371 g/mol. The molecule has 0 aliphatic heterocycles. The van der Waals surface area contributed by atoms with Crippen LogP contribution in [-0.2, 0) is 17.1 Å². The Morgan fingerprint density at radius 1 is 1.27 bits per heavy atom. The van der Waals surface area contributed by atoms with Gasteiger partial charge in [-0.15, -0.1) is 16.9 Å². The van der Waals surface area contributed by atoms with Crippen molar-refractivity contribution >= 4 is 23.4 Å². The molecule has 0 saturated carbocycles. The van der Waals surface area contributed by atoms with Crippen molar-refractivity contribution in [3.8, 4) is 0 Å². The fraction of sp³-hybridized carbons (Fsp3) is 0.353. The Hall–Kier alpha value is -2.68. The summed E-state index contributed by atoms with van der Waals surface area (Å²) in [4.78, 5) is 12.1. The van der Waals surface area contributed by atoms with E-state index in [1.54, 1.807) is 15.6 Å². The zero-order valence-corrected chi connectivity index (χ0v) is 15.6. The van der Waals surface area contributed by atoms with Gasteiger partial charge in [0.25, 0.3) is 0 Å². The van der Waals surface area contributed by atoms with Crippen LogP contribution in [0.4, 0.5) is 5.69 Å². The molecule has 3 aromatic rings. The fourth-order valence-corrected chi connectivity index (χ4v) is 3.16. The number of thioether (sulfide) groups is 1. The van der Waals surface area contributed by atoms with Crippen LogP contribution in [0.3, 0.4) is 0 Å². The molecule has 2 heterocycles. The maximum Gasteiger partial charge on any atom is 0.234 e. The Bertz CT molecular complexity index is 844. The number of nitrogens with zero attached hydrogens (tertiary/aromatic N) is 6. The molecule has 0 atom stereocenters. The van der Waals surface area contributed by atoms with Gasteiger partial charge in [0.05, 0.1) is 36.0 Å². The molecule has 2 aromatic heterocycles. The van der Waals surface area contributed by atoms with Gasteiger partial charge in [0, 0.05) is 6.20 Å². The highest BCUT2D eigenvalue weighted by molar-refractivity contribution is 7.99. The molecule has 136 valence electrons. The topological polar surface area (TPSA) is 90.5 Å². The fourth-order valence-electron chi connectivity index (χ4n) is 2.43. The van der Waals surface area contributed by atoms with Crippen molar-refractivity contribution in [1.82, 2.24) is 30.0 Å². The predicted molar refractivity (Wildman–Crippen MR) is 101 cm³/mol. The molecule has 0 aliphatic rings. The first-order valence-electron chi connectivity index (χ1n) is 8.32. The first-order valence-corrected chi connectivity index (χ1v) is 9.48. The number of anilines is 1. The number of hydrogen-bond acceptors (Lipinski definition) is 6. The van der Waals surface area contributed by atoms with Gasteiger partial charge in [-0.3, -0.25) is 9.48 Å². The normalized spacial score (nSPS) is 11.0. The minimum atomic E-state index is -0.0715. The first kappa shape index (κ1) is 18.1. The van der Waals surface area contributed by atoms with Crippen molar-refractivity contribution in [1.29, 1.82) is 0 Å². The van der Waals surface area contributed by atoms with Gasteiger partial charge < -0.3 is 5.32 Å². The van der Waals surface area contributed by atoms with E-state index in [1.165, 1.54) is 11.8 Å². The number of nitrogens with one attached hydrogen (secondary N) is 1. The van der Waals surface area contributed by atoms with Crippen LogP contribution >= 0.6 is 11.8 Å². The molecule has 9 heteroatoms. The molecule has 3 rings (SSSR count). The van der Waals surface area contributed by atoms with Gasteiger partial charge in [0.15, 0.2) is 5.82 Å². The number of carbonyl (C=O) groups excluding carboxylic acids is 1. The summed E-state index contributed by atoms with van der Waals surface area (Å²) in [7, 11) is 0. The van der Waals surface area contributed by atoms with Crippen molar-refractivity contribution in [2.45, 2.75) is 32.2 Å². The third-order valence-electron chi connectivity index (χ3n) is 3.62. The second kappa shape index (κ2) is 8.61. The summed E-state index contributed by atoms with van der Waals surface area (Å²) in [6.45, 7) is 4.71. The second-order valence-corrected chi connectivity index (χ2v) is 7.07. The van der Waals surface area contributed by atoms with Gasteiger partial charge in [-0.25, -0.2) is 4.68 Å². The zero-order valence-electron chi connectivity index (χ0n) is 14.7. The van der Waals surface area contributed by atoms with Crippen LogP contribution in [0.2, 0.25) is 0 Å². The Labute approximate surface area is 156 Å². The molecule has 0 unspecified atom stereocenters. The van der Waals surface area contributed by atoms with E-state index in [-0.39, 0.29) is 11.9 Å². The summed E-state index contributed by atoms with van der Waals surface area (Å²) in [5.74, 6) is 1.62. The Balaban J connectivity index is 1.46. The highest BCUT2D eigenvalue weighted by Gasteiger charge is 2.11. The van der Waals surface area contributed by atoms with E-state index in [1.807, 2.05) is 50.4 Å². The third-order valence-corrected chi connectivity index (χ3v) is 4.55. The van der Waals surface area contributed by atoms with Crippen LogP contribution in [0.5, 0.6) is 0 Å². The van der Waals surface area contributed by atoms with Crippen LogP contribution in [0, 0.1) is 0 Å². The van der Waals surface area contributed by atoms with E-state index in [9.17, 15) is 4.79 Å². The van der Waals surface area contributed by atoms with E-state index in [2.05, 4.69) is 25.9 Å². The van der Waals surface area contributed by atoms with E-state index in [0.29, 0.717) is 23.7 Å². The number of aromatic nitrogens is 6. The lowest BCUT2D eigenvalue weighted by Gasteiger charge is -2.07. The molecule has 8 nitrogen and oxygen atoms in total. The third kappa shape index (κ3) is 4.92. The van der Waals surface area contributed by atoms with Crippen molar-refractivity contribution in [2.75, 3.05) is 11.1 Å². The summed E-state index contributed by atoms with van der Waals surface area (Å²) in [5.41, 5.74) is 1.85. The van der Waals surface area contributed by atoms with E-state index >= 15 is 0 Å². The van der Waals surface area contributed by atoms with Gasteiger partial charge in [-0.2, -0.15) is 5.10 Å². The second-order valence-electron chi connectivity index (χ2n) is 6.09. The molecule has 1 amide bonds. The zero-order chi connectivity index (χ0) is 18.4. The lowest BCUT2D eigenvalue weighted by Crippen LogP contribution is -2.14. The molecule has 0 aliphatic carbocycles. The molecule has 1 aromatic carbocycles.